The molecular weight excluding hydrogens is 290 g/mol. The summed E-state index contributed by atoms with van der Waals surface area (Å²) >= 11 is 5.65. The summed E-state index contributed by atoms with van der Waals surface area (Å²) < 4.78 is 1.51. The maximum absolute atomic E-state index is 12.3. The van der Waals surface area contributed by atoms with Gasteiger partial charge in [-0.1, -0.05) is 6.92 Å². The summed E-state index contributed by atoms with van der Waals surface area (Å²) in [7, 11) is 1.62. The normalized spacial score (nSPS) is 15.8. The van der Waals surface area contributed by atoms with Gasteiger partial charge in [-0.3, -0.25) is 9.59 Å². The number of rotatable bonds is 7. The number of alkyl halides is 1. The number of carbonyl (C=O) groups is 2. The number of likely N-dealkylation sites (N-methyl/N-ethyl adjacent to an activating group) is 1. The van der Waals surface area contributed by atoms with Crippen molar-refractivity contribution in [3.05, 3.63) is 17.5 Å². The van der Waals surface area contributed by atoms with Crippen LogP contribution in [-0.2, 0) is 4.79 Å². The lowest BCUT2D eigenvalue weighted by Crippen LogP contribution is -2.26. The van der Waals surface area contributed by atoms with Crippen molar-refractivity contribution in [2.45, 2.75) is 50.9 Å². The third-order valence-electron chi connectivity index (χ3n) is 3.84. The van der Waals surface area contributed by atoms with Gasteiger partial charge < -0.3 is 5.32 Å². The van der Waals surface area contributed by atoms with Gasteiger partial charge in [-0.15, -0.1) is 11.6 Å². The first kappa shape index (κ1) is 16.0. The van der Waals surface area contributed by atoms with Gasteiger partial charge in [0.15, 0.2) is 0 Å². The van der Waals surface area contributed by atoms with Gasteiger partial charge in [0.1, 0.15) is 0 Å². The second-order valence-electron chi connectivity index (χ2n) is 5.44. The quantitative estimate of drug-likeness (QED) is 0.787. The molecule has 1 amide bonds. The number of amides is 1. The van der Waals surface area contributed by atoms with E-state index in [0.29, 0.717) is 36.8 Å². The highest BCUT2D eigenvalue weighted by atomic mass is 35.5. The van der Waals surface area contributed by atoms with Gasteiger partial charge in [0.2, 0.25) is 11.8 Å². The van der Waals surface area contributed by atoms with Crippen LogP contribution in [0.2, 0.25) is 0 Å². The Kier molecular flexibility index (Phi) is 5.39. The fraction of sp³-hybridized carbons (Fsp3) is 0.667. The molecule has 0 radical (unpaired) electrons. The average Bonchev–Trinajstić information content (AvgIpc) is 3.25. The molecule has 1 aromatic rings. The molecule has 6 heteroatoms. The van der Waals surface area contributed by atoms with Crippen molar-refractivity contribution < 1.29 is 9.59 Å². The van der Waals surface area contributed by atoms with Gasteiger partial charge in [-0.25, -0.2) is 4.68 Å². The molecular formula is C15H22ClN3O2. The Balaban J connectivity index is 2.28. The highest BCUT2D eigenvalue weighted by Gasteiger charge is 2.32. The van der Waals surface area contributed by atoms with E-state index in [1.807, 2.05) is 13.0 Å². The van der Waals surface area contributed by atoms with Crippen molar-refractivity contribution >= 4 is 23.4 Å². The zero-order chi connectivity index (χ0) is 15.4. The van der Waals surface area contributed by atoms with Crippen LogP contribution in [0.1, 0.15) is 67.0 Å². The minimum Gasteiger partial charge on any atom is -0.359 e. The van der Waals surface area contributed by atoms with E-state index in [1.165, 1.54) is 4.68 Å². The van der Waals surface area contributed by atoms with Gasteiger partial charge in [0.25, 0.3) is 0 Å². The lowest BCUT2D eigenvalue weighted by atomic mass is 10.0. The van der Waals surface area contributed by atoms with E-state index in [1.54, 1.807) is 7.05 Å². The summed E-state index contributed by atoms with van der Waals surface area (Å²) in [5.74, 6) is 0.491. The van der Waals surface area contributed by atoms with E-state index >= 15 is 0 Å². The Hall–Kier alpha value is -1.36. The molecule has 5 nitrogen and oxygen atoms in total. The molecule has 21 heavy (non-hydrogen) atoms. The summed E-state index contributed by atoms with van der Waals surface area (Å²) in [6, 6.07) is 1.93. The van der Waals surface area contributed by atoms with Crippen LogP contribution in [-0.4, -0.2) is 34.5 Å². The number of aromatic nitrogens is 2. The van der Waals surface area contributed by atoms with Crippen LogP contribution < -0.4 is 5.32 Å². The number of nitrogens with zero attached hydrogens (tertiary/aromatic N) is 2. The van der Waals surface area contributed by atoms with E-state index in [0.717, 1.165) is 18.5 Å². The first-order valence-electron chi connectivity index (χ1n) is 7.53. The molecule has 2 rings (SSSR count). The van der Waals surface area contributed by atoms with Crippen molar-refractivity contribution in [3.63, 3.8) is 0 Å². The Morgan fingerprint density at radius 3 is 2.76 bits per heavy atom. The molecule has 1 heterocycles. The molecule has 0 bridgehead atoms. The number of nitrogens with one attached hydrogen (secondary N) is 1. The molecule has 1 atom stereocenters. The first-order chi connectivity index (χ1) is 10.1. The fourth-order valence-electron chi connectivity index (χ4n) is 2.48. The smallest absolute Gasteiger partial charge is 0.247 e. The standard InChI is InChI=1S/C15H22ClN3O2/c1-3-11(15(21)17-2)12-9-13(10-6-7-10)19(18-12)14(20)5-4-8-16/h9-11H,3-8H2,1-2H3,(H,17,21). The lowest BCUT2D eigenvalue weighted by Gasteiger charge is -2.09. The lowest BCUT2D eigenvalue weighted by molar-refractivity contribution is -0.122. The highest BCUT2D eigenvalue weighted by molar-refractivity contribution is 6.17. The molecule has 1 aliphatic rings. The summed E-state index contributed by atoms with van der Waals surface area (Å²) in [6.45, 7) is 1.95. The zero-order valence-corrected chi connectivity index (χ0v) is 13.3. The Labute approximate surface area is 130 Å². The van der Waals surface area contributed by atoms with Crippen molar-refractivity contribution in [2.75, 3.05) is 12.9 Å². The van der Waals surface area contributed by atoms with E-state index in [-0.39, 0.29) is 17.7 Å². The average molecular weight is 312 g/mol. The second kappa shape index (κ2) is 7.07. The third-order valence-corrected chi connectivity index (χ3v) is 4.11. The molecule has 0 spiro atoms. The number of halogens is 1. The molecule has 1 aromatic heterocycles. The van der Waals surface area contributed by atoms with Gasteiger partial charge in [0, 0.05) is 25.3 Å². The maximum Gasteiger partial charge on any atom is 0.247 e. The molecule has 1 N–H and O–H groups in total. The molecule has 1 aliphatic carbocycles. The summed E-state index contributed by atoms with van der Waals surface area (Å²) in [5, 5.41) is 7.09. The van der Waals surface area contributed by atoms with Crippen LogP contribution in [0.5, 0.6) is 0 Å². The Morgan fingerprint density at radius 2 is 2.24 bits per heavy atom. The van der Waals surface area contributed by atoms with Gasteiger partial charge in [0.05, 0.1) is 17.3 Å². The van der Waals surface area contributed by atoms with Gasteiger partial charge >= 0.3 is 0 Å². The Bertz CT molecular complexity index is 523. The van der Waals surface area contributed by atoms with Crippen LogP contribution in [0.25, 0.3) is 0 Å². The van der Waals surface area contributed by atoms with Crippen molar-refractivity contribution in [2.24, 2.45) is 0 Å². The highest BCUT2D eigenvalue weighted by Crippen LogP contribution is 2.41. The summed E-state index contributed by atoms with van der Waals surface area (Å²) in [6.07, 6.45) is 3.87. The van der Waals surface area contributed by atoms with Crippen molar-refractivity contribution in [1.82, 2.24) is 15.1 Å². The van der Waals surface area contributed by atoms with E-state index in [4.69, 9.17) is 11.6 Å². The number of hydrogen-bond donors (Lipinski definition) is 1. The topological polar surface area (TPSA) is 64.0 Å². The molecule has 0 saturated heterocycles. The van der Waals surface area contributed by atoms with Crippen LogP contribution in [0, 0.1) is 0 Å². The molecule has 1 fully saturated rings. The minimum atomic E-state index is -0.297. The molecule has 1 saturated carbocycles. The second-order valence-corrected chi connectivity index (χ2v) is 5.82. The van der Waals surface area contributed by atoms with Crippen molar-refractivity contribution in [3.8, 4) is 0 Å². The molecule has 0 aliphatic heterocycles. The van der Waals surface area contributed by atoms with Crippen molar-refractivity contribution in [1.29, 1.82) is 0 Å². The van der Waals surface area contributed by atoms with Crippen LogP contribution in [0.15, 0.2) is 6.07 Å². The number of carbonyl (C=O) groups excluding carboxylic acids is 2. The van der Waals surface area contributed by atoms with Crippen LogP contribution >= 0.6 is 11.6 Å². The molecule has 1 unspecified atom stereocenters. The monoisotopic (exact) mass is 311 g/mol. The first-order valence-corrected chi connectivity index (χ1v) is 8.06. The summed E-state index contributed by atoms with van der Waals surface area (Å²) in [5.41, 5.74) is 1.64. The molecule has 0 aromatic carbocycles. The predicted molar refractivity (Wildman–Crippen MR) is 81.9 cm³/mol. The maximum atomic E-state index is 12.3. The van der Waals surface area contributed by atoms with E-state index in [2.05, 4.69) is 10.4 Å². The third kappa shape index (κ3) is 3.64. The molecule has 116 valence electrons. The fourth-order valence-corrected chi connectivity index (χ4v) is 2.62. The largest absolute Gasteiger partial charge is 0.359 e. The SMILES string of the molecule is CCC(C(=O)NC)c1cc(C2CC2)n(C(=O)CCCCl)n1. The van der Waals surface area contributed by atoms with E-state index in [9.17, 15) is 9.59 Å². The van der Waals surface area contributed by atoms with Gasteiger partial charge in [-0.2, -0.15) is 5.10 Å². The zero-order valence-electron chi connectivity index (χ0n) is 12.6. The summed E-state index contributed by atoms with van der Waals surface area (Å²) in [4.78, 5) is 24.2. The van der Waals surface area contributed by atoms with E-state index < -0.39 is 0 Å². The Morgan fingerprint density at radius 1 is 1.52 bits per heavy atom. The predicted octanol–water partition coefficient (Wildman–Crippen LogP) is 2.66. The minimum absolute atomic E-state index is 0.0319. The van der Waals surface area contributed by atoms with Crippen LogP contribution in [0.3, 0.4) is 0 Å². The van der Waals surface area contributed by atoms with Gasteiger partial charge in [-0.05, 0) is 31.7 Å². The number of hydrogen-bond acceptors (Lipinski definition) is 3. The van der Waals surface area contributed by atoms with Crippen LogP contribution in [0.4, 0.5) is 0 Å².